The molecule has 0 aliphatic carbocycles. The highest BCUT2D eigenvalue weighted by Crippen LogP contribution is 2.30. The van der Waals surface area contributed by atoms with E-state index in [1.165, 1.54) is 6.20 Å². The predicted octanol–water partition coefficient (Wildman–Crippen LogP) is 1.81. The molecule has 0 saturated carbocycles. The molecule has 2 amide bonds. The van der Waals surface area contributed by atoms with Crippen molar-refractivity contribution < 1.29 is 9.59 Å². The average molecular weight is 299 g/mol. The van der Waals surface area contributed by atoms with Crippen LogP contribution in [0.25, 0.3) is 11.3 Å². The zero-order chi connectivity index (χ0) is 14.0. The number of carbonyl (C=O) groups excluding carboxylic acids is 2. The van der Waals surface area contributed by atoms with Gasteiger partial charge in [-0.15, -0.1) is 0 Å². The molecule has 0 fully saturated rings. The maximum atomic E-state index is 11.2. The van der Waals surface area contributed by atoms with E-state index in [2.05, 4.69) is 15.5 Å². The van der Waals surface area contributed by atoms with Crippen LogP contribution in [0.15, 0.2) is 24.4 Å². The molecule has 19 heavy (non-hydrogen) atoms. The summed E-state index contributed by atoms with van der Waals surface area (Å²) in [6.45, 7) is 0. The van der Waals surface area contributed by atoms with E-state index in [-0.39, 0.29) is 0 Å². The van der Waals surface area contributed by atoms with Gasteiger partial charge in [-0.1, -0.05) is 23.2 Å². The molecule has 0 atom stereocenters. The van der Waals surface area contributed by atoms with Crippen molar-refractivity contribution in [2.45, 2.75) is 0 Å². The minimum Gasteiger partial charge on any atom is -0.361 e. The van der Waals surface area contributed by atoms with Gasteiger partial charge in [0.05, 0.1) is 5.69 Å². The van der Waals surface area contributed by atoms with Gasteiger partial charge in [0.25, 0.3) is 0 Å². The Morgan fingerprint density at radius 2 is 1.84 bits per heavy atom. The van der Waals surface area contributed by atoms with E-state index >= 15 is 0 Å². The molecule has 2 aromatic rings. The van der Waals surface area contributed by atoms with E-state index < -0.39 is 11.8 Å². The van der Waals surface area contributed by atoms with Crippen molar-refractivity contribution in [3.05, 3.63) is 34.4 Å². The summed E-state index contributed by atoms with van der Waals surface area (Å²) in [7, 11) is 0. The summed E-state index contributed by atoms with van der Waals surface area (Å²) in [4.78, 5) is 22.0. The number of aromatic nitrogens is 2. The Bertz CT molecular complexity index is 634. The van der Waals surface area contributed by atoms with E-state index in [0.717, 1.165) is 0 Å². The summed E-state index contributed by atoms with van der Waals surface area (Å²) in [5.41, 5.74) is 6.17. The Morgan fingerprint density at radius 1 is 1.21 bits per heavy atom. The number of primary amides is 1. The maximum Gasteiger partial charge on any atom is 0.313 e. The summed E-state index contributed by atoms with van der Waals surface area (Å²) >= 11 is 11.8. The van der Waals surface area contributed by atoms with Crippen LogP contribution < -0.4 is 11.1 Å². The number of nitrogens with one attached hydrogen (secondary N) is 2. The molecule has 0 saturated heterocycles. The first-order valence-electron chi connectivity index (χ1n) is 5.08. The lowest BCUT2D eigenvalue weighted by atomic mass is 10.1. The number of hydrogen-bond donors (Lipinski definition) is 3. The molecule has 6 nitrogen and oxygen atoms in total. The number of rotatable bonds is 2. The SMILES string of the molecule is NC(=O)C(=O)Nc1c[nH]nc1-c1cc(Cl)cc(Cl)c1. The molecule has 98 valence electrons. The molecule has 1 aromatic carbocycles. The molecule has 0 aliphatic heterocycles. The van der Waals surface area contributed by atoms with Crippen LogP contribution in [0.3, 0.4) is 0 Å². The Hall–Kier alpha value is -2.05. The minimum atomic E-state index is -1.09. The van der Waals surface area contributed by atoms with E-state index in [9.17, 15) is 9.59 Å². The highest BCUT2D eigenvalue weighted by molar-refractivity contribution is 6.39. The number of nitrogens with zero attached hydrogens (tertiary/aromatic N) is 1. The van der Waals surface area contributed by atoms with Crippen molar-refractivity contribution in [1.29, 1.82) is 0 Å². The van der Waals surface area contributed by atoms with Gasteiger partial charge in [-0.3, -0.25) is 14.7 Å². The van der Waals surface area contributed by atoms with Gasteiger partial charge in [0, 0.05) is 21.8 Å². The zero-order valence-corrected chi connectivity index (χ0v) is 10.9. The smallest absolute Gasteiger partial charge is 0.313 e. The summed E-state index contributed by atoms with van der Waals surface area (Å²) in [6.07, 6.45) is 1.42. The number of carbonyl (C=O) groups is 2. The van der Waals surface area contributed by atoms with Crippen LogP contribution in [0.1, 0.15) is 0 Å². The number of anilines is 1. The number of aromatic amines is 1. The van der Waals surface area contributed by atoms with Gasteiger partial charge in [0.15, 0.2) is 0 Å². The van der Waals surface area contributed by atoms with Gasteiger partial charge < -0.3 is 11.1 Å². The van der Waals surface area contributed by atoms with Gasteiger partial charge in [-0.05, 0) is 18.2 Å². The molecular weight excluding hydrogens is 291 g/mol. The van der Waals surface area contributed by atoms with E-state index in [0.29, 0.717) is 27.0 Å². The topological polar surface area (TPSA) is 101 Å². The largest absolute Gasteiger partial charge is 0.361 e. The second-order valence-electron chi connectivity index (χ2n) is 3.62. The van der Waals surface area contributed by atoms with Crippen LogP contribution in [-0.4, -0.2) is 22.0 Å². The normalized spacial score (nSPS) is 10.2. The highest BCUT2D eigenvalue weighted by atomic mass is 35.5. The molecule has 1 aromatic heterocycles. The quantitative estimate of drug-likeness (QED) is 0.737. The standard InChI is InChI=1S/C11H8Cl2N4O2/c12-6-1-5(2-7(13)3-6)9-8(4-15-17-9)16-11(19)10(14)18/h1-4H,(H2,14,18)(H,15,17)(H,16,19). The summed E-state index contributed by atoms with van der Waals surface area (Å²) in [6, 6.07) is 4.83. The summed E-state index contributed by atoms with van der Waals surface area (Å²) < 4.78 is 0. The van der Waals surface area contributed by atoms with Crippen molar-refractivity contribution in [2.24, 2.45) is 5.73 Å². The van der Waals surface area contributed by atoms with Gasteiger partial charge in [-0.25, -0.2) is 0 Å². The van der Waals surface area contributed by atoms with E-state index in [1.807, 2.05) is 0 Å². The Labute approximate surface area is 117 Å². The predicted molar refractivity (Wildman–Crippen MR) is 71.9 cm³/mol. The number of amides is 2. The third-order valence-corrected chi connectivity index (χ3v) is 2.68. The first-order chi connectivity index (χ1) is 8.97. The first-order valence-corrected chi connectivity index (χ1v) is 5.84. The molecule has 8 heteroatoms. The number of H-pyrrole nitrogens is 1. The Morgan fingerprint density at radius 3 is 2.42 bits per heavy atom. The molecule has 1 heterocycles. The first kappa shape index (κ1) is 13.4. The average Bonchev–Trinajstić information content (AvgIpc) is 2.75. The third kappa shape index (κ3) is 3.04. The summed E-state index contributed by atoms with van der Waals surface area (Å²) in [5.74, 6) is -2.02. The van der Waals surface area contributed by atoms with Crippen LogP contribution >= 0.6 is 23.2 Å². The summed E-state index contributed by atoms with van der Waals surface area (Å²) in [5, 5.41) is 9.74. The van der Waals surface area contributed by atoms with Crippen molar-refractivity contribution in [1.82, 2.24) is 10.2 Å². The molecule has 4 N–H and O–H groups in total. The molecule has 0 aliphatic rings. The van der Waals surface area contributed by atoms with Crippen LogP contribution in [0.2, 0.25) is 10.0 Å². The van der Waals surface area contributed by atoms with Crippen molar-refractivity contribution in [3.8, 4) is 11.3 Å². The highest BCUT2D eigenvalue weighted by Gasteiger charge is 2.15. The monoisotopic (exact) mass is 298 g/mol. The van der Waals surface area contributed by atoms with Crippen LogP contribution in [0, 0.1) is 0 Å². The van der Waals surface area contributed by atoms with Gasteiger partial charge in [0.1, 0.15) is 5.69 Å². The fourth-order valence-electron chi connectivity index (χ4n) is 1.48. The second kappa shape index (κ2) is 5.29. The second-order valence-corrected chi connectivity index (χ2v) is 4.50. The molecule has 0 radical (unpaired) electrons. The van der Waals surface area contributed by atoms with Crippen molar-refractivity contribution in [3.63, 3.8) is 0 Å². The van der Waals surface area contributed by atoms with Crippen molar-refractivity contribution in [2.75, 3.05) is 5.32 Å². The van der Waals surface area contributed by atoms with Crippen molar-refractivity contribution >= 4 is 40.7 Å². The lowest BCUT2D eigenvalue weighted by molar-refractivity contribution is -0.134. The molecule has 0 unspecified atom stereocenters. The van der Waals surface area contributed by atoms with E-state index in [1.54, 1.807) is 18.2 Å². The fourth-order valence-corrected chi connectivity index (χ4v) is 2.01. The Balaban J connectivity index is 2.38. The molecule has 2 rings (SSSR count). The van der Waals surface area contributed by atoms with Crippen LogP contribution in [0.5, 0.6) is 0 Å². The number of nitrogens with two attached hydrogens (primary N) is 1. The third-order valence-electron chi connectivity index (χ3n) is 2.25. The molecular formula is C11H8Cl2N4O2. The van der Waals surface area contributed by atoms with Crippen LogP contribution in [-0.2, 0) is 9.59 Å². The number of hydrogen-bond acceptors (Lipinski definition) is 3. The zero-order valence-electron chi connectivity index (χ0n) is 9.41. The van der Waals surface area contributed by atoms with Crippen LogP contribution in [0.4, 0.5) is 5.69 Å². The fraction of sp³-hybridized carbons (Fsp3) is 0. The van der Waals surface area contributed by atoms with Gasteiger partial charge >= 0.3 is 11.8 Å². The molecule has 0 spiro atoms. The lowest BCUT2D eigenvalue weighted by Gasteiger charge is -2.04. The lowest BCUT2D eigenvalue weighted by Crippen LogP contribution is -2.29. The number of benzene rings is 1. The molecule has 0 bridgehead atoms. The maximum absolute atomic E-state index is 11.2. The van der Waals surface area contributed by atoms with E-state index in [4.69, 9.17) is 28.9 Å². The minimum absolute atomic E-state index is 0.308. The van der Waals surface area contributed by atoms with Gasteiger partial charge in [-0.2, -0.15) is 5.10 Å². The van der Waals surface area contributed by atoms with Gasteiger partial charge in [0.2, 0.25) is 0 Å². The Kier molecular flexibility index (Phi) is 3.73. The number of halogens is 2.